The van der Waals surface area contributed by atoms with E-state index in [1.165, 1.54) is 0 Å². The summed E-state index contributed by atoms with van der Waals surface area (Å²) in [6.07, 6.45) is 0. The molecule has 0 unspecified atom stereocenters. The fourth-order valence-electron chi connectivity index (χ4n) is 3.22. The fourth-order valence-corrected chi connectivity index (χ4v) is 3.22. The summed E-state index contributed by atoms with van der Waals surface area (Å²) in [4.78, 5) is 13.0. The number of rotatable bonds is 6. The molecule has 0 radical (unpaired) electrons. The zero-order chi connectivity index (χ0) is 19.2. The fraction of sp³-hybridized carbons (Fsp3) is 0.208. The number of nitrogens with one attached hydrogen (secondary N) is 1. The van der Waals surface area contributed by atoms with Crippen molar-refractivity contribution in [2.24, 2.45) is 0 Å². The molecule has 0 aliphatic heterocycles. The van der Waals surface area contributed by atoms with Gasteiger partial charge in [-0.3, -0.25) is 4.79 Å². The summed E-state index contributed by atoms with van der Waals surface area (Å²) in [7, 11) is 0. The van der Waals surface area contributed by atoms with Gasteiger partial charge in [-0.25, -0.2) is 0 Å². The van der Waals surface area contributed by atoms with Crippen LogP contribution in [0.5, 0.6) is 5.75 Å². The van der Waals surface area contributed by atoms with E-state index in [9.17, 15) is 4.79 Å². The Balaban J connectivity index is 1.92. The third kappa shape index (κ3) is 4.37. The van der Waals surface area contributed by atoms with Gasteiger partial charge in [0, 0.05) is 5.56 Å². The lowest BCUT2D eigenvalue weighted by atomic mass is 9.94. The average molecular weight is 359 g/mol. The van der Waals surface area contributed by atoms with Gasteiger partial charge in [0.05, 0.1) is 12.6 Å². The molecule has 138 valence electrons. The molecule has 3 heteroatoms. The van der Waals surface area contributed by atoms with Gasteiger partial charge in [0.2, 0.25) is 0 Å². The zero-order valence-corrected chi connectivity index (χ0v) is 16.0. The summed E-state index contributed by atoms with van der Waals surface area (Å²) in [5.74, 6) is 0.714. The van der Waals surface area contributed by atoms with Crippen LogP contribution >= 0.6 is 0 Å². The molecule has 3 aromatic carbocycles. The highest BCUT2D eigenvalue weighted by Crippen LogP contribution is 2.26. The normalized spacial score (nSPS) is 11.7. The first-order valence-corrected chi connectivity index (χ1v) is 9.25. The molecule has 0 saturated heterocycles. The molecule has 3 rings (SSSR count). The zero-order valence-electron chi connectivity index (χ0n) is 16.0. The Hall–Kier alpha value is -3.07. The minimum absolute atomic E-state index is 0.0988. The van der Waals surface area contributed by atoms with Crippen molar-refractivity contribution in [2.75, 3.05) is 6.61 Å². The van der Waals surface area contributed by atoms with E-state index in [1.807, 2.05) is 74.5 Å². The van der Waals surface area contributed by atoms with Crippen LogP contribution in [0.1, 0.15) is 45.6 Å². The number of carbonyl (C=O) groups excluding carboxylic acids is 1. The third-order valence-electron chi connectivity index (χ3n) is 4.64. The number of aryl methyl sites for hydroxylation is 2. The van der Waals surface area contributed by atoms with E-state index in [2.05, 4.69) is 24.4 Å². The van der Waals surface area contributed by atoms with Crippen molar-refractivity contribution in [3.63, 3.8) is 0 Å². The molecule has 1 amide bonds. The van der Waals surface area contributed by atoms with Crippen molar-refractivity contribution in [3.05, 3.63) is 101 Å². The maximum absolute atomic E-state index is 13.0. The molecule has 27 heavy (non-hydrogen) atoms. The standard InChI is InChI=1S/C24H25NO2/c1-4-27-22-15-14-20(16-18(22)3)24(26)25-23(19-11-6-5-7-12-19)21-13-9-8-10-17(21)2/h5-16,23H,4H2,1-3H3,(H,25,26)/t23-/m0/s1. The van der Waals surface area contributed by atoms with Crippen LogP contribution in [-0.2, 0) is 0 Å². The largest absolute Gasteiger partial charge is 0.494 e. The highest BCUT2D eigenvalue weighted by atomic mass is 16.5. The molecule has 0 bridgehead atoms. The molecule has 3 nitrogen and oxygen atoms in total. The van der Waals surface area contributed by atoms with Crippen LogP contribution in [0.3, 0.4) is 0 Å². The summed E-state index contributed by atoms with van der Waals surface area (Å²) >= 11 is 0. The van der Waals surface area contributed by atoms with Crippen LogP contribution in [0.15, 0.2) is 72.8 Å². The SMILES string of the molecule is CCOc1ccc(C(=O)N[C@@H](c2ccccc2)c2ccccc2C)cc1C. The molecule has 0 spiro atoms. The first-order valence-electron chi connectivity index (χ1n) is 9.25. The molecule has 1 N–H and O–H groups in total. The van der Waals surface area contributed by atoms with Crippen molar-refractivity contribution < 1.29 is 9.53 Å². The number of benzene rings is 3. The van der Waals surface area contributed by atoms with Crippen LogP contribution in [-0.4, -0.2) is 12.5 Å². The van der Waals surface area contributed by atoms with E-state index in [0.29, 0.717) is 12.2 Å². The van der Waals surface area contributed by atoms with Gasteiger partial charge in [-0.05, 0) is 61.2 Å². The number of carbonyl (C=O) groups is 1. The first-order chi connectivity index (χ1) is 13.1. The molecule has 3 aromatic rings. The molecule has 0 heterocycles. The van der Waals surface area contributed by atoms with Gasteiger partial charge >= 0.3 is 0 Å². The van der Waals surface area contributed by atoms with Crippen LogP contribution in [0.2, 0.25) is 0 Å². The minimum atomic E-state index is -0.202. The molecule has 0 saturated carbocycles. The topological polar surface area (TPSA) is 38.3 Å². The van der Waals surface area contributed by atoms with Gasteiger partial charge in [-0.2, -0.15) is 0 Å². The molecule has 1 atom stereocenters. The summed E-state index contributed by atoms with van der Waals surface area (Å²) < 4.78 is 5.58. The Labute approximate surface area is 161 Å². The second-order valence-electron chi connectivity index (χ2n) is 6.59. The van der Waals surface area contributed by atoms with Crippen molar-refractivity contribution in [3.8, 4) is 5.75 Å². The van der Waals surface area contributed by atoms with Gasteiger partial charge in [0.15, 0.2) is 0 Å². The molecule has 0 fully saturated rings. The van der Waals surface area contributed by atoms with E-state index >= 15 is 0 Å². The van der Waals surface area contributed by atoms with Crippen LogP contribution in [0.25, 0.3) is 0 Å². The number of ether oxygens (including phenoxy) is 1. The number of amides is 1. The summed E-state index contributed by atoms with van der Waals surface area (Å²) in [6.45, 7) is 6.58. The van der Waals surface area contributed by atoms with E-state index in [1.54, 1.807) is 0 Å². The van der Waals surface area contributed by atoms with Crippen molar-refractivity contribution in [2.45, 2.75) is 26.8 Å². The molecule has 0 aliphatic rings. The number of hydrogen-bond donors (Lipinski definition) is 1. The van der Waals surface area contributed by atoms with Gasteiger partial charge in [0.1, 0.15) is 5.75 Å². The van der Waals surface area contributed by atoms with Gasteiger partial charge in [-0.15, -0.1) is 0 Å². The molecular weight excluding hydrogens is 334 g/mol. The van der Waals surface area contributed by atoms with Crippen LogP contribution in [0, 0.1) is 13.8 Å². The Kier molecular flexibility index (Phi) is 5.92. The van der Waals surface area contributed by atoms with Crippen molar-refractivity contribution in [1.82, 2.24) is 5.32 Å². The molecule has 0 aliphatic carbocycles. The van der Waals surface area contributed by atoms with E-state index in [4.69, 9.17) is 4.74 Å². The van der Waals surface area contributed by atoms with Gasteiger partial charge in [-0.1, -0.05) is 54.6 Å². The minimum Gasteiger partial charge on any atom is -0.494 e. The van der Waals surface area contributed by atoms with E-state index in [0.717, 1.165) is 28.0 Å². The van der Waals surface area contributed by atoms with Gasteiger partial charge < -0.3 is 10.1 Å². The smallest absolute Gasteiger partial charge is 0.252 e. The monoisotopic (exact) mass is 359 g/mol. The van der Waals surface area contributed by atoms with E-state index in [-0.39, 0.29) is 11.9 Å². The lowest BCUT2D eigenvalue weighted by Gasteiger charge is -2.22. The number of hydrogen-bond acceptors (Lipinski definition) is 2. The summed E-state index contributed by atoms with van der Waals surface area (Å²) in [5, 5.41) is 3.21. The average Bonchev–Trinajstić information content (AvgIpc) is 2.69. The van der Waals surface area contributed by atoms with Crippen LogP contribution in [0.4, 0.5) is 0 Å². The van der Waals surface area contributed by atoms with Gasteiger partial charge in [0.25, 0.3) is 5.91 Å². The Morgan fingerprint density at radius 2 is 1.63 bits per heavy atom. The van der Waals surface area contributed by atoms with Crippen LogP contribution < -0.4 is 10.1 Å². The quantitative estimate of drug-likeness (QED) is 0.655. The Bertz CT molecular complexity index is 919. The molecular formula is C24H25NO2. The Morgan fingerprint density at radius 1 is 0.926 bits per heavy atom. The predicted molar refractivity (Wildman–Crippen MR) is 109 cm³/mol. The second kappa shape index (κ2) is 8.54. The summed E-state index contributed by atoms with van der Waals surface area (Å²) in [5.41, 5.74) is 4.89. The van der Waals surface area contributed by atoms with Crippen molar-refractivity contribution in [1.29, 1.82) is 0 Å². The van der Waals surface area contributed by atoms with Crippen molar-refractivity contribution >= 4 is 5.91 Å². The maximum atomic E-state index is 13.0. The van der Waals surface area contributed by atoms with E-state index < -0.39 is 0 Å². The Morgan fingerprint density at radius 3 is 2.30 bits per heavy atom. The first kappa shape index (κ1) is 18.7. The highest BCUT2D eigenvalue weighted by Gasteiger charge is 2.19. The lowest BCUT2D eigenvalue weighted by molar-refractivity contribution is 0.0943. The predicted octanol–water partition coefficient (Wildman–Crippen LogP) is 5.22. The second-order valence-corrected chi connectivity index (χ2v) is 6.59. The molecule has 0 aromatic heterocycles. The third-order valence-corrected chi connectivity index (χ3v) is 4.64. The maximum Gasteiger partial charge on any atom is 0.252 e. The summed E-state index contributed by atoms with van der Waals surface area (Å²) in [6, 6.07) is 23.6. The lowest BCUT2D eigenvalue weighted by Crippen LogP contribution is -2.29. The highest BCUT2D eigenvalue weighted by molar-refractivity contribution is 5.95.